The van der Waals surface area contributed by atoms with Crippen molar-refractivity contribution in [3.63, 3.8) is 0 Å². The van der Waals surface area contributed by atoms with E-state index in [4.69, 9.17) is 10.2 Å². The van der Waals surface area contributed by atoms with Crippen LogP contribution in [0, 0.1) is 0 Å². The molecular weight excluding hydrogens is 524 g/mol. The SMILES string of the molecule is C=Cc1ccccc1Cn1nc(P(c2ccccc2)c2ccccc2)c(P(c2ccccc2)c2ccccc2)n1. The molecule has 0 unspecified atom stereocenters. The van der Waals surface area contributed by atoms with Gasteiger partial charge in [0.25, 0.3) is 0 Å². The van der Waals surface area contributed by atoms with E-state index in [1.807, 2.05) is 16.9 Å². The maximum atomic E-state index is 5.32. The number of nitrogens with zero attached hydrogens (tertiary/aromatic N) is 3. The summed E-state index contributed by atoms with van der Waals surface area (Å²) in [5, 5.41) is 15.7. The van der Waals surface area contributed by atoms with Crippen LogP contribution in [0.3, 0.4) is 0 Å². The van der Waals surface area contributed by atoms with Gasteiger partial charge >= 0.3 is 0 Å². The molecule has 0 saturated carbocycles. The molecule has 0 saturated heterocycles. The van der Waals surface area contributed by atoms with Crippen LogP contribution in [-0.4, -0.2) is 15.0 Å². The Morgan fingerprint density at radius 3 is 1.23 bits per heavy atom. The number of hydrogen-bond acceptors (Lipinski definition) is 2. The van der Waals surface area contributed by atoms with Crippen LogP contribution < -0.4 is 32.1 Å². The van der Waals surface area contributed by atoms with Gasteiger partial charge in [-0.3, -0.25) is 0 Å². The van der Waals surface area contributed by atoms with Crippen LogP contribution >= 0.6 is 15.8 Å². The number of rotatable bonds is 9. The highest BCUT2D eigenvalue weighted by Gasteiger charge is 2.31. The fourth-order valence-corrected chi connectivity index (χ4v) is 9.75. The molecule has 0 fully saturated rings. The van der Waals surface area contributed by atoms with Crippen molar-refractivity contribution >= 4 is 54.0 Å². The maximum absolute atomic E-state index is 5.32. The first-order valence-corrected chi connectivity index (χ1v) is 16.0. The van der Waals surface area contributed by atoms with E-state index in [0.717, 1.165) is 22.0 Å². The van der Waals surface area contributed by atoms with Gasteiger partial charge in [-0.1, -0.05) is 158 Å². The van der Waals surface area contributed by atoms with E-state index in [-0.39, 0.29) is 0 Å². The molecule has 0 amide bonds. The van der Waals surface area contributed by atoms with Crippen molar-refractivity contribution in [2.75, 3.05) is 0 Å². The van der Waals surface area contributed by atoms with E-state index >= 15 is 0 Å². The van der Waals surface area contributed by atoms with Crippen molar-refractivity contribution in [3.05, 3.63) is 163 Å². The summed E-state index contributed by atoms with van der Waals surface area (Å²) in [6.07, 6.45) is 1.91. The Balaban J connectivity index is 1.59. The molecule has 0 aliphatic heterocycles. The molecule has 0 aliphatic carbocycles. The predicted octanol–water partition coefficient (Wildman–Crippen LogP) is 5.49. The second kappa shape index (κ2) is 12.3. The summed E-state index contributed by atoms with van der Waals surface area (Å²) < 4.78 is 0. The molecule has 40 heavy (non-hydrogen) atoms. The number of hydrogen-bond donors (Lipinski definition) is 0. The average molecular weight is 554 g/mol. The molecule has 0 N–H and O–H groups in total. The van der Waals surface area contributed by atoms with Gasteiger partial charge < -0.3 is 0 Å². The fraction of sp³-hybridized carbons (Fsp3) is 0.0286. The second-order valence-corrected chi connectivity index (χ2v) is 13.5. The van der Waals surface area contributed by atoms with E-state index in [9.17, 15) is 0 Å². The van der Waals surface area contributed by atoms with Crippen molar-refractivity contribution < 1.29 is 0 Å². The number of benzene rings is 5. The summed E-state index contributed by atoms with van der Waals surface area (Å²) in [5.74, 6) is 0. The first-order chi connectivity index (χ1) is 19.8. The number of aromatic nitrogens is 3. The van der Waals surface area contributed by atoms with E-state index in [0.29, 0.717) is 6.54 Å². The molecule has 0 aliphatic rings. The summed E-state index contributed by atoms with van der Waals surface area (Å²) in [5.41, 5.74) is 4.37. The monoisotopic (exact) mass is 553 g/mol. The van der Waals surface area contributed by atoms with E-state index in [1.54, 1.807) is 0 Å². The maximum Gasteiger partial charge on any atom is 0.123 e. The quantitative estimate of drug-likeness (QED) is 0.222. The van der Waals surface area contributed by atoms with E-state index < -0.39 is 15.8 Å². The summed E-state index contributed by atoms with van der Waals surface area (Å²) in [7, 11) is -1.89. The highest BCUT2D eigenvalue weighted by atomic mass is 31.1. The van der Waals surface area contributed by atoms with Crippen LogP contribution in [-0.2, 0) is 6.54 Å². The molecule has 1 heterocycles. The minimum atomic E-state index is -0.943. The van der Waals surface area contributed by atoms with E-state index in [1.165, 1.54) is 21.2 Å². The van der Waals surface area contributed by atoms with Gasteiger partial charge in [0.05, 0.1) is 6.54 Å². The van der Waals surface area contributed by atoms with E-state index in [2.05, 4.69) is 146 Å². The van der Waals surface area contributed by atoms with Gasteiger partial charge in [-0.05, 0) is 32.3 Å². The Labute approximate surface area is 238 Å². The first kappa shape index (κ1) is 26.1. The summed E-state index contributed by atoms with van der Waals surface area (Å²) in [4.78, 5) is 1.90. The Hall–Kier alpha value is -4.16. The Morgan fingerprint density at radius 1 is 0.500 bits per heavy atom. The molecule has 0 bridgehead atoms. The van der Waals surface area contributed by atoms with Crippen LogP contribution in [0.2, 0.25) is 0 Å². The van der Waals surface area contributed by atoms with Crippen LogP contribution in [0.4, 0.5) is 0 Å². The lowest BCUT2D eigenvalue weighted by molar-refractivity contribution is 0.597. The van der Waals surface area contributed by atoms with Crippen LogP contribution in [0.15, 0.2) is 152 Å². The van der Waals surface area contributed by atoms with Gasteiger partial charge in [0.15, 0.2) is 0 Å². The van der Waals surface area contributed by atoms with Gasteiger partial charge in [-0.15, -0.1) is 0 Å². The van der Waals surface area contributed by atoms with Gasteiger partial charge in [-0.2, -0.15) is 15.0 Å². The third kappa shape index (κ3) is 5.58. The third-order valence-corrected chi connectivity index (χ3v) is 11.6. The molecule has 6 rings (SSSR count). The van der Waals surface area contributed by atoms with Crippen molar-refractivity contribution in [3.8, 4) is 0 Å². The zero-order chi connectivity index (χ0) is 27.1. The van der Waals surface area contributed by atoms with Gasteiger partial charge in [0.2, 0.25) is 0 Å². The molecule has 5 heteroatoms. The van der Waals surface area contributed by atoms with Crippen LogP contribution in [0.5, 0.6) is 0 Å². The average Bonchev–Trinajstić information content (AvgIpc) is 3.42. The molecule has 0 atom stereocenters. The molecule has 1 aromatic heterocycles. The minimum Gasteiger partial charge on any atom is -0.179 e. The lowest BCUT2D eigenvalue weighted by atomic mass is 10.1. The molecule has 3 nitrogen and oxygen atoms in total. The predicted molar refractivity (Wildman–Crippen MR) is 173 cm³/mol. The fourth-order valence-electron chi connectivity index (χ4n) is 4.82. The zero-order valence-electron chi connectivity index (χ0n) is 22.1. The largest absolute Gasteiger partial charge is 0.179 e. The molecule has 5 aromatic carbocycles. The van der Waals surface area contributed by atoms with Gasteiger partial charge in [0.1, 0.15) is 10.9 Å². The normalized spacial score (nSPS) is 11.2. The Morgan fingerprint density at radius 2 is 0.850 bits per heavy atom. The topological polar surface area (TPSA) is 30.7 Å². The molecule has 0 spiro atoms. The van der Waals surface area contributed by atoms with Crippen molar-refractivity contribution in [1.82, 2.24) is 15.0 Å². The lowest BCUT2D eigenvalue weighted by Crippen LogP contribution is -2.35. The molecule has 194 valence electrons. The zero-order valence-corrected chi connectivity index (χ0v) is 23.9. The molecule has 6 aromatic rings. The molecule has 0 radical (unpaired) electrons. The first-order valence-electron chi connectivity index (χ1n) is 13.3. The van der Waals surface area contributed by atoms with Crippen molar-refractivity contribution in [1.29, 1.82) is 0 Å². The van der Waals surface area contributed by atoms with Gasteiger partial charge in [0, 0.05) is 15.8 Å². The Bertz CT molecular complexity index is 1510. The van der Waals surface area contributed by atoms with Crippen LogP contribution in [0.25, 0.3) is 6.08 Å². The van der Waals surface area contributed by atoms with Crippen LogP contribution in [0.1, 0.15) is 11.1 Å². The Kier molecular flexibility index (Phi) is 8.05. The highest BCUT2D eigenvalue weighted by Crippen LogP contribution is 2.37. The lowest BCUT2D eigenvalue weighted by Gasteiger charge is -2.22. The summed E-state index contributed by atoms with van der Waals surface area (Å²) >= 11 is 0. The highest BCUT2D eigenvalue weighted by molar-refractivity contribution is 7.85. The third-order valence-electron chi connectivity index (χ3n) is 6.69. The summed E-state index contributed by atoms with van der Waals surface area (Å²) in [6.45, 7) is 4.61. The van der Waals surface area contributed by atoms with Gasteiger partial charge in [-0.25, -0.2) is 0 Å². The summed E-state index contributed by atoms with van der Waals surface area (Å²) in [6, 6.07) is 51.4. The second-order valence-electron chi connectivity index (χ2n) is 9.29. The minimum absolute atomic E-state index is 0.578. The smallest absolute Gasteiger partial charge is 0.123 e. The molecular formula is C35H29N3P2. The van der Waals surface area contributed by atoms with Crippen molar-refractivity contribution in [2.24, 2.45) is 0 Å². The van der Waals surface area contributed by atoms with Crippen molar-refractivity contribution in [2.45, 2.75) is 6.54 Å². The standard InChI is InChI=1S/C35H29N3P2/c1-2-28-17-15-16-18-29(28)27-38-36-34(39(30-19-7-3-8-20-30)31-21-9-4-10-22-31)35(37-38)40(32-23-11-5-12-24-32)33-25-13-6-14-26-33/h2-26H,1,27H2.